The quantitative estimate of drug-likeness (QED) is 0.562. The Morgan fingerprint density at radius 1 is 1.13 bits per heavy atom. The van der Waals surface area contributed by atoms with Gasteiger partial charge in [-0.25, -0.2) is 4.39 Å². The molecule has 0 heterocycles. The van der Waals surface area contributed by atoms with Crippen LogP contribution >= 0.6 is 0 Å². The van der Waals surface area contributed by atoms with Crippen LogP contribution in [-0.4, -0.2) is 44.6 Å². The molecule has 0 radical (unpaired) electrons. The molecule has 30 heavy (non-hydrogen) atoms. The fourth-order valence-corrected chi connectivity index (χ4v) is 3.91. The molecule has 0 aromatic heterocycles. The fourth-order valence-electron chi connectivity index (χ4n) is 3.42. The second-order valence-electron chi connectivity index (χ2n) is 7.43. The Bertz CT molecular complexity index is 1020. The molecule has 6 nitrogen and oxygen atoms in total. The van der Waals surface area contributed by atoms with Crippen molar-refractivity contribution >= 4 is 21.7 Å². The first-order chi connectivity index (χ1) is 14.2. The third-order valence-corrected chi connectivity index (χ3v) is 5.56. The summed E-state index contributed by atoms with van der Waals surface area (Å²) in [5.74, 6) is -0.545. The summed E-state index contributed by atoms with van der Waals surface area (Å²) in [6.45, 7) is 5.74. The van der Waals surface area contributed by atoms with E-state index in [2.05, 4.69) is 4.90 Å². The Kier molecular flexibility index (Phi) is 6.65. The number of amides is 1. The van der Waals surface area contributed by atoms with Crippen molar-refractivity contribution in [3.05, 3.63) is 59.4 Å². The SMILES string of the molecule is CCN(CC)c1ccc(CN(C(=O)c2cccc(F)c2)C2CC2)c(OS(C)(=O)=O)c1. The molecule has 2 aromatic rings. The van der Waals surface area contributed by atoms with Crippen LogP contribution in [0.4, 0.5) is 10.1 Å². The molecule has 0 bridgehead atoms. The number of nitrogens with zero attached hydrogens (tertiary/aromatic N) is 2. The Morgan fingerprint density at radius 2 is 1.83 bits per heavy atom. The molecule has 0 unspecified atom stereocenters. The molecule has 2 aromatic carbocycles. The van der Waals surface area contributed by atoms with E-state index in [9.17, 15) is 17.6 Å². The van der Waals surface area contributed by atoms with Crippen molar-refractivity contribution in [3.63, 3.8) is 0 Å². The molecule has 1 saturated carbocycles. The Balaban J connectivity index is 1.94. The van der Waals surface area contributed by atoms with Crippen LogP contribution in [0.3, 0.4) is 0 Å². The van der Waals surface area contributed by atoms with E-state index in [1.54, 1.807) is 23.1 Å². The molecule has 0 atom stereocenters. The van der Waals surface area contributed by atoms with Gasteiger partial charge < -0.3 is 14.0 Å². The predicted octanol–water partition coefficient (Wildman–Crippen LogP) is 3.82. The molecule has 1 fully saturated rings. The number of halogens is 1. The van der Waals surface area contributed by atoms with E-state index >= 15 is 0 Å². The number of carbonyl (C=O) groups excluding carboxylic acids is 1. The monoisotopic (exact) mass is 434 g/mol. The van der Waals surface area contributed by atoms with Crippen molar-refractivity contribution in [1.82, 2.24) is 4.90 Å². The van der Waals surface area contributed by atoms with Crippen molar-refractivity contribution in [2.75, 3.05) is 24.2 Å². The zero-order valence-electron chi connectivity index (χ0n) is 17.5. The van der Waals surface area contributed by atoms with Crippen LogP contribution < -0.4 is 9.08 Å². The Morgan fingerprint density at radius 3 is 2.40 bits per heavy atom. The van der Waals surface area contributed by atoms with Crippen molar-refractivity contribution in [2.24, 2.45) is 0 Å². The second kappa shape index (κ2) is 9.04. The van der Waals surface area contributed by atoms with Gasteiger partial charge in [-0.1, -0.05) is 12.1 Å². The summed E-state index contributed by atoms with van der Waals surface area (Å²) in [5, 5.41) is 0. The lowest BCUT2D eigenvalue weighted by Gasteiger charge is -2.26. The molecular formula is C22H27FN2O4S. The van der Waals surface area contributed by atoms with E-state index < -0.39 is 15.9 Å². The zero-order valence-corrected chi connectivity index (χ0v) is 18.3. The summed E-state index contributed by atoms with van der Waals surface area (Å²) in [5.41, 5.74) is 1.71. The summed E-state index contributed by atoms with van der Waals surface area (Å²) in [6.07, 6.45) is 2.72. The molecule has 1 aliphatic carbocycles. The number of hydrogen-bond donors (Lipinski definition) is 0. The van der Waals surface area contributed by atoms with Crippen LogP contribution in [0.2, 0.25) is 0 Å². The average molecular weight is 435 g/mol. The van der Waals surface area contributed by atoms with Gasteiger partial charge in [-0.15, -0.1) is 0 Å². The maximum absolute atomic E-state index is 13.6. The first-order valence-electron chi connectivity index (χ1n) is 10.1. The van der Waals surface area contributed by atoms with Crippen LogP contribution in [0.1, 0.15) is 42.6 Å². The molecule has 162 valence electrons. The molecule has 0 N–H and O–H groups in total. The largest absolute Gasteiger partial charge is 0.382 e. The highest BCUT2D eigenvalue weighted by atomic mass is 32.2. The van der Waals surface area contributed by atoms with E-state index in [1.165, 1.54) is 18.2 Å². The highest BCUT2D eigenvalue weighted by Crippen LogP contribution is 2.34. The first-order valence-corrected chi connectivity index (χ1v) is 11.9. The Hall–Kier alpha value is -2.61. The normalized spacial score (nSPS) is 13.7. The minimum absolute atomic E-state index is 0.0503. The molecular weight excluding hydrogens is 407 g/mol. The molecule has 0 aliphatic heterocycles. The number of carbonyl (C=O) groups is 1. The number of hydrogen-bond acceptors (Lipinski definition) is 5. The van der Waals surface area contributed by atoms with Crippen LogP contribution in [0, 0.1) is 5.82 Å². The minimum atomic E-state index is -3.75. The summed E-state index contributed by atoms with van der Waals surface area (Å²) < 4.78 is 42.6. The third-order valence-electron chi connectivity index (χ3n) is 5.08. The van der Waals surface area contributed by atoms with Crippen LogP contribution in [-0.2, 0) is 16.7 Å². The molecule has 0 saturated heterocycles. The number of anilines is 1. The standard InChI is InChI=1S/C22H27FN2O4S/c1-4-24(5-2)20-10-9-17(21(14-20)29-30(3,27)28)15-25(19-11-12-19)22(26)16-7-6-8-18(23)13-16/h6-10,13-14,19H,4-5,11-12,15H2,1-3H3. The smallest absolute Gasteiger partial charge is 0.306 e. The molecule has 8 heteroatoms. The van der Waals surface area contributed by atoms with Gasteiger partial charge in [0.05, 0.1) is 6.26 Å². The number of benzene rings is 2. The van der Waals surface area contributed by atoms with Gasteiger partial charge in [0, 0.05) is 48.6 Å². The van der Waals surface area contributed by atoms with Crippen LogP contribution in [0.15, 0.2) is 42.5 Å². The average Bonchev–Trinajstić information content (AvgIpc) is 3.52. The van der Waals surface area contributed by atoms with Gasteiger partial charge in [-0.05, 0) is 51.0 Å². The second-order valence-corrected chi connectivity index (χ2v) is 9.00. The van der Waals surface area contributed by atoms with Crippen molar-refractivity contribution < 1.29 is 21.8 Å². The lowest BCUT2D eigenvalue weighted by atomic mass is 10.1. The first kappa shape index (κ1) is 22.1. The maximum atomic E-state index is 13.6. The van der Waals surface area contributed by atoms with Crippen LogP contribution in [0.5, 0.6) is 5.75 Å². The lowest BCUT2D eigenvalue weighted by Crippen LogP contribution is -2.33. The van der Waals surface area contributed by atoms with Gasteiger partial charge in [0.2, 0.25) is 0 Å². The number of rotatable bonds is 9. The van der Waals surface area contributed by atoms with E-state index in [-0.39, 0.29) is 29.8 Å². The van der Waals surface area contributed by atoms with E-state index in [4.69, 9.17) is 4.18 Å². The summed E-state index contributed by atoms with van der Waals surface area (Å²) in [6, 6.07) is 11.0. The minimum Gasteiger partial charge on any atom is -0.382 e. The highest BCUT2D eigenvalue weighted by molar-refractivity contribution is 7.86. The summed E-state index contributed by atoms with van der Waals surface area (Å²) in [7, 11) is -3.75. The van der Waals surface area contributed by atoms with Crippen molar-refractivity contribution in [1.29, 1.82) is 0 Å². The predicted molar refractivity (Wildman–Crippen MR) is 115 cm³/mol. The van der Waals surface area contributed by atoms with E-state index in [1.807, 2.05) is 19.9 Å². The van der Waals surface area contributed by atoms with Crippen LogP contribution in [0.25, 0.3) is 0 Å². The van der Waals surface area contributed by atoms with Gasteiger partial charge in [0.1, 0.15) is 11.6 Å². The molecule has 3 rings (SSSR count). The summed E-state index contributed by atoms with van der Waals surface area (Å²) >= 11 is 0. The van der Waals surface area contributed by atoms with Crippen molar-refractivity contribution in [3.8, 4) is 5.75 Å². The van der Waals surface area contributed by atoms with E-state index in [0.29, 0.717) is 5.56 Å². The maximum Gasteiger partial charge on any atom is 0.306 e. The highest BCUT2D eigenvalue weighted by Gasteiger charge is 2.34. The lowest BCUT2D eigenvalue weighted by molar-refractivity contribution is 0.0729. The molecule has 1 amide bonds. The zero-order chi connectivity index (χ0) is 21.9. The third kappa shape index (κ3) is 5.50. The topological polar surface area (TPSA) is 66.9 Å². The Labute approximate surface area is 177 Å². The van der Waals surface area contributed by atoms with Crippen molar-refractivity contribution in [2.45, 2.75) is 39.3 Å². The molecule has 0 spiro atoms. The van der Waals surface area contributed by atoms with Gasteiger partial charge in [-0.3, -0.25) is 4.79 Å². The van der Waals surface area contributed by atoms with Gasteiger partial charge in [0.15, 0.2) is 0 Å². The van der Waals surface area contributed by atoms with Gasteiger partial charge in [-0.2, -0.15) is 8.42 Å². The molecule has 1 aliphatic rings. The summed E-state index contributed by atoms with van der Waals surface area (Å²) in [4.78, 5) is 16.8. The van der Waals surface area contributed by atoms with E-state index in [0.717, 1.165) is 37.9 Å². The fraction of sp³-hybridized carbons (Fsp3) is 0.409. The van der Waals surface area contributed by atoms with Gasteiger partial charge >= 0.3 is 10.1 Å². The van der Waals surface area contributed by atoms with Gasteiger partial charge in [0.25, 0.3) is 5.91 Å².